The summed E-state index contributed by atoms with van der Waals surface area (Å²) in [4.78, 5) is 22.0. The van der Waals surface area contributed by atoms with Gasteiger partial charge in [-0.1, -0.05) is 6.07 Å². The van der Waals surface area contributed by atoms with Crippen molar-refractivity contribution >= 4 is 0 Å². The van der Waals surface area contributed by atoms with E-state index in [1.165, 1.54) is 0 Å². The summed E-state index contributed by atoms with van der Waals surface area (Å²) in [5, 5.41) is 9.34. The Labute approximate surface area is 179 Å². The highest BCUT2D eigenvalue weighted by molar-refractivity contribution is 5.66. The van der Waals surface area contributed by atoms with Crippen LogP contribution in [0.25, 0.3) is 22.8 Å². The monoisotopic (exact) mass is 409 g/mol. The maximum absolute atomic E-state index is 9.34. The lowest BCUT2D eigenvalue weighted by Gasteiger charge is -2.12. The molecule has 3 heterocycles. The molecule has 0 bridgehead atoms. The van der Waals surface area contributed by atoms with Crippen molar-refractivity contribution in [2.45, 2.75) is 13.3 Å². The SMILES string of the molecule is Cc1nc(Oc2cc(C#N)ccc2-c2ncc(CCN)cn2)cc(-c2ccccn2)n1. The number of benzene rings is 1. The number of aromatic nitrogens is 5. The van der Waals surface area contributed by atoms with Crippen molar-refractivity contribution < 1.29 is 4.74 Å². The molecule has 0 aliphatic rings. The van der Waals surface area contributed by atoms with Gasteiger partial charge in [0.15, 0.2) is 5.82 Å². The van der Waals surface area contributed by atoms with E-state index in [1.807, 2.05) is 18.2 Å². The van der Waals surface area contributed by atoms with Crippen molar-refractivity contribution in [2.24, 2.45) is 5.73 Å². The lowest BCUT2D eigenvalue weighted by molar-refractivity contribution is 0.461. The number of rotatable bonds is 6. The van der Waals surface area contributed by atoms with Crippen molar-refractivity contribution in [2.75, 3.05) is 6.54 Å². The van der Waals surface area contributed by atoms with Crippen molar-refractivity contribution in [1.82, 2.24) is 24.9 Å². The first-order valence-corrected chi connectivity index (χ1v) is 9.66. The summed E-state index contributed by atoms with van der Waals surface area (Å²) in [6, 6.07) is 14.5. The second-order valence-electron chi connectivity index (χ2n) is 6.73. The molecule has 0 radical (unpaired) electrons. The molecule has 4 aromatic rings. The van der Waals surface area contributed by atoms with Gasteiger partial charge in [0.05, 0.1) is 28.6 Å². The predicted octanol–water partition coefficient (Wildman–Crippen LogP) is 3.47. The Balaban J connectivity index is 1.73. The lowest BCUT2D eigenvalue weighted by Crippen LogP contribution is -2.04. The molecule has 0 spiro atoms. The molecule has 0 saturated carbocycles. The molecule has 1 aromatic carbocycles. The van der Waals surface area contributed by atoms with E-state index in [-0.39, 0.29) is 0 Å². The number of hydrogen-bond acceptors (Lipinski definition) is 8. The number of hydrogen-bond donors (Lipinski definition) is 1. The molecule has 3 aromatic heterocycles. The van der Waals surface area contributed by atoms with Crippen LogP contribution in [0.15, 0.2) is 61.1 Å². The molecule has 8 heteroatoms. The maximum atomic E-state index is 9.34. The molecular weight excluding hydrogens is 390 g/mol. The molecule has 0 unspecified atom stereocenters. The van der Waals surface area contributed by atoms with E-state index in [9.17, 15) is 5.26 Å². The first-order chi connectivity index (χ1) is 15.2. The highest BCUT2D eigenvalue weighted by Gasteiger charge is 2.14. The zero-order valence-corrected chi connectivity index (χ0v) is 16.9. The van der Waals surface area contributed by atoms with Crippen molar-refractivity contribution in [3.05, 3.63) is 78.0 Å². The van der Waals surface area contributed by atoms with E-state index < -0.39 is 0 Å². The molecule has 4 rings (SSSR count). The van der Waals surface area contributed by atoms with Gasteiger partial charge >= 0.3 is 0 Å². The molecule has 0 saturated heterocycles. The Kier molecular flexibility index (Phi) is 5.87. The van der Waals surface area contributed by atoms with Gasteiger partial charge in [0.25, 0.3) is 0 Å². The summed E-state index contributed by atoms with van der Waals surface area (Å²) < 4.78 is 6.10. The summed E-state index contributed by atoms with van der Waals surface area (Å²) in [6.07, 6.45) is 5.89. The minimum Gasteiger partial charge on any atom is -0.438 e. The van der Waals surface area contributed by atoms with Gasteiger partial charge < -0.3 is 10.5 Å². The fourth-order valence-corrected chi connectivity index (χ4v) is 3.00. The molecule has 0 aliphatic heterocycles. The summed E-state index contributed by atoms with van der Waals surface area (Å²) in [6.45, 7) is 2.31. The van der Waals surface area contributed by atoms with Gasteiger partial charge in [-0.05, 0) is 55.8 Å². The van der Waals surface area contributed by atoms with E-state index in [2.05, 4.69) is 31.0 Å². The third-order valence-electron chi connectivity index (χ3n) is 4.45. The summed E-state index contributed by atoms with van der Waals surface area (Å²) >= 11 is 0. The van der Waals surface area contributed by atoms with Crippen molar-refractivity contribution in [1.29, 1.82) is 5.26 Å². The average Bonchev–Trinajstić information content (AvgIpc) is 2.80. The normalized spacial score (nSPS) is 10.5. The molecule has 152 valence electrons. The zero-order chi connectivity index (χ0) is 21.6. The number of nitriles is 1. The largest absolute Gasteiger partial charge is 0.438 e. The summed E-state index contributed by atoms with van der Waals surface area (Å²) in [5.41, 5.74) is 9.00. The van der Waals surface area contributed by atoms with Gasteiger partial charge in [0.2, 0.25) is 5.88 Å². The number of nitrogens with two attached hydrogens (primary N) is 1. The number of ether oxygens (including phenoxy) is 1. The molecular formula is C23H19N7O. The number of aryl methyl sites for hydroxylation is 1. The first kappa shape index (κ1) is 20.1. The predicted molar refractivity (Wildman–Crippen MR) is 115 cm³/mol. The van der Waals surface area contributed by atoms with Crippen LogP contribution < -0.4 is 10.5 Å². The Morgan fingerprint density at radius 3 is 2.55 bits per heavy atom. The Morgan fingerprint density at radius 1 is 1.00 bits per heavy atom. The van der Waals surface area contributed by atoms with E-state index in [0.29, 0.717) is 58.8 Å². The van der Waals surface area contributed by atoms with Crippen LogP contribution in [0.2, 0.25) is 0 Å². The van der Waals surface area contributed by atoms with Gasteiger partial charge in [0, 0.05) is 24.7 Å². The zero-order valence-electron chi connectivity index (χ0n) is 16.9. The van der Waals surface area contributed by atoms with Crippen molar-refractivity contribution in [3.8, 4) is 40.5 Å². The molecule has 8 nitrogen and oxygen atoms in total. The summed E-state index contributed by atoms with van der Waals surface area (Å²) in [5.74, 6) is 1.79. The van der Waals surface area contributed by atoms with Crippen LogP contribution in [0, 0.1) is 18.3 Å². The third kappa shape index (κ3) is 4.69. The Morgan fingerprint density at radius 2 is 1.84 bits per heavy atom. The molecule has 0 aliphatic carbocycles. The average molecular weight is 409 g/mol. The van der Waals surface area contributed by atoms with Crippen LogP contribution in [-0.2, 0) is 6.42 Å². The molecule has 2 N–H and O–H groups in total. The van der Waals surface area contributed by atoms with Crippen LogP contribution in [0.3, 0.4) is 0 Å². The van der Waals surface area contributed by atoms with Gasteiger partial charge in [-0.2, -0.15) is 10.2 Å². The van der Waals surface area contributed by atoms with E-state index in [0.717, 1.165) is 5.56 Å². The van der Waals surface area contributed by atoms with Crippen LogP contribution in [0.1, 0.15) is 17.0 Å². The lowest BCUT2D eigenvalue weighted by atomic mass is 10.1. The second kappa shape index (κ2) is 9.07. The number of nitrogens with zero attached hydrogens (tertiary/aromatic N) is 6. The quantitative estimate of drug-likeness (QED) is 0.513. The standard InChI is InChI=1S/C23H19N7O/c1-15-29-20(19-4-2-3-9-26-19)11-22(30-15)31-21-10-16(12-25)5-6-18(21)23-27-13-17(7-8-24)14-28-23/h2-6,9-11,13-14H,7-8,24H2,1H3. The van der Waals surface area contributed by atoms with E-state index in [4.69, 9.17) is 10.5 Å². The van der Waals surface area contributed by atoms with Crippen LogP contribution in [0.5, 0.6) is 11.6 Å². The minimum atomic E-state index is 0.337. The summed E-state index contributed by atoms with van der Waals surface area (Å²) in [7, 11) is 0. The fourth-order valence-electron chi connectivity index (χ4n) is 3.00. The molecule has 0 atom stereocenters. The Hall–Kier alpha value is -4.22. The molecule has 0 amide bonds. The smallest absolute Gasteiger partial charge is 0.223 e. The fraction of sp³-hybridized carbons (Fsp3) is 0.130. The topological polar surface area (TPSA) is 123 Å². The van der Waals surface area contributed by atoms with E-state index >= 15 is 0 Å². The highest BCUT2D eigenvalue weighted by Crippen LogP contribution is 2.32. The third-order valence-corrected chi connectivity index (χ3v) is 4.45. The highest BCUT2D eigenvalue weighted by atomic mass is 16.5. The van der Waals surface area contributed by atoms with Gasteiger partial charge in [0.1, 0.15) is 11.6 Å². The van der Waals surface area contributed by atoms with Crippen LogP contribution in [0.4, 0.5) is 0 Å². The van der Waals surface area contributed by atoms with Gasteiger partial charge in [-0.15, -0.1) is 0 Å². The van der Waals surface area contributed by atoms with Gasteiger partial charge in [-0.25, -0.2) is 15.0 Å². The Bertz CT molecular complexity index is 1240. The first-order valence-electron chi connectivity index (χ1n) is 9.66. The second-order valence-corrected chi connectivity index (χ2v) is 6.73. The minimum absolute atomic E-state index is 0.337. The van der Waals surface area contributed by atoms with E-state index in [1.54, 1.807) is 49.8 Å². The maximum Gasteiger partial charge on any atom is 0.223 e. The van der Waals surface area contributed by atoms with Crippen molar-refractivity contribution in [3.63, 3.8) is 0 Å². The van der Waals surface area contributed by atoms with Gasteiger partial charge in [-0.3, -0.25) is 4.98 Å². The number of pyridine rings is 1. The molecule has 0 fully saturated rings. The van der Waals surface area contributed by atoms with Crippen LogP contribution in [-0.4, -0.2) is 31.5 Å². The van der Waals surface area contributed by atoms with Crippen LogP contribution >= 0.6 is 0 Å². The molecule has 31 heavy (non-hydrogen) atoms.